The molecule has 0 aliphatic carbocycles. The van der Waals surface area contributed by atoms with Gasteiger partial charge in [-0.15, -0.1) is 11.3 Å². The molecule has 1 fully saturated rings. The molecule has 2 aromatic rings. The normalized spacial score (nSPS) is 16.3. The van der Waals surface area contributed by atoms with Crippen molar-refractivity contribution >= 4 is 43.2 Å². The first-order chi connectivity index (χ1) is 12.7. The van der Waals surface area contributed by atoms with Crippen LogP contribution in [0.3, 0.4) is 0 Å². The summed E-state index contributed by atoms with van der Waals surface area (Å²) in [7, 11) is -3.54. The molecule has 27 heavy (non-hydrogen) atoms. The van der Waals surface area contributed by atoms with Crippen molar-refractivity contribution in [1.82, 2.24) is 19.0 Å². The minimum Gasteiger partial charge on any atom is -0.338 e. The highest BCUT2D eigenvalue weighted by Crippen LogP contribution is 2.29. The SMILES string of the molecule is Cc1c(Br)c(C(F)F)nn1CC(=O)N1CCN(S(=O)(=O)c2cccs2)CC1. The van der Waals surface area contributed by atoms with Crippen molar-refractivity contribution in [2.24, 2.45) is 0 Å². The van der Waals surface area contributed by atoms with Gasteiger partial charge >= 0.3 is 0 Å². The topological polar surface area (TPSA) is 75.5 Å². The second-order valence-electron chi connectivity index (χ2n) is 5.96. The first-order valence-corrected chi connectivity index (χ1v) is 11.2. The molecule has 0 bridgehead atoms. The van der Waals surface area contributed by atoms with Crippen molar-refractivity contribution in [3.05, 3.63) is 33.4 Å². The zero-order valence-corrected chi connectivity index (χ0v) is 17.5. The van der Waals surface area contributed by atoms with Gasteiger partial charge in [0.25, 0.3) is 16.4 Å². The number of thiophene rings is 1. The molecule has 0 spiro atoms. The molecule has 0 radical (unpaired) electrons. The van der Waals surface area contributed by atoms with E-state index >= 15 is 0 Å². The van der Waals surface area contributed by atoms with Gasteiger partial charge in [-0.05, 0) is 34.3 Å². The van der Waals surface area contributed by atoms with E-state index in [1.807, 2.05) is 0 Å². The van der Waals surface area contributed by atoms with Crippen LogP contribution in [-0.4, -0.2) is 59.5 Å². The van der Waals surface area contributed by atoms with E-state index in [4.69, 9.17) is 0 Å². The number of carbonyl (C=O) groups excluding carboxylic acids is 1. The average Bonchev–Trinajstić information content (AvgIpc) is 3.27. The van der Waals surface area contributed by atoms with Crippen LogP contribution in [0, 0.1) is 6.92 Å². The van der Waals surface area contributed by atoms with Crippen molar-refractivity contribution in [2.75, 3.05) is 26.2 Å². The molecule has 1 aliphatic rings. The second kappa shape index (κ2) is 7.94. The van der Waals surface area contributed by atoms with Gasteiger partial charge in [-0.2, -0.15) is 9.40 Å². The Morgan fingerprint density at radius 3 is 2.52 bits per heavy atom. The van der Waals surface area contributed by atoms with E-state index in [-0.39, 0.29) is 47.3 Å². The number of sulfonamides is 1. The smallest absolute Gasteiger partial charge is 0.283 e. The molecular weight excluding hydrogens is 466 g/mol. The summed E-state index contributed by atoms with van der Waals surface area (Å²) in [6.45, 7) is 2.29. The van der Waals surface area contributed by atoms with Crippen LogP contribution in [0.15, 0.2) is 26.2 Å². The van der Waals surface area contributed by atoms with Crippen LogP contribution in [0.5, 0.6) is 0 Å². The van der Waals surface area contributed by atoms with Crippen LogP contribution in [0.4, 0.5) is 8.78 Å². The predicted molar refractivity (Wildman–Crippen MR) is 99.3 cm³/mol. The quantitative estimate of drug-likeness (QED) is 0.655. The molecule has 0 saturated carbocycles. The molecule has 0 aromatic carbocycles. The molecule has 1 aliphatic heterocycles. The summed E-state index contributed by atoms with van der Waals surface area (Å²) >= 11 is 4.23. The fourth-order valence-electron chi connectivity index (χ4n) is 2.78. The van der Waals surface area contributed by atoms with Crippen LogP contribution in [0.1, 0.15) is 17.8 Å². The number of alkyl halides is 2. The number of hydrogen-bond donors (Lipinski definition) is 0. The highest BCUT2D eigenvalue weighted by molar-refractivity contribution is 9.10. The fraction of sp³-hybridized carbons (Fsp3) is 0.467. The number of amides is 1. The van der Waals surface area contributed by atoms with Gasteiger partial charge in [0, 0.05) is 26.2 Å². The number of nitrogens with zero attached hydrogens (tertiary/aromatic N) is 4. The minimum atomic E-state index is -3.54. The van der Waals surface area contributed by atoms with E-state index in [1.165, 1.54) is 13.9 Å². The molecule has 1 amide bonds. The molecule has 148 valence electrons. The third-order valence-electron chi connectivity index (χ3n) is 4.33. The van der Waals surface area contributed by atoms with Crippen LogP contribution >= 0.6 is 27.3 Å². The van der Waals surface area contributed by atoms with Gasteiger partial charge in [-0.1, -0.05) is 6.07 Å². The molecule has 0 N–H and O–H groups in total. The second-order valence-corrected chi connectivity index (χ2v) is 9.87. The summed E-state index contributed by atoms with van der Waals surface area (Å²) in [5.41, 5.74) is 0.0460. The van der Waals surface area contributed by atoms with Gasteiger partial charge < -0.3 is 4.90 Å². The Kier molecular flexibility index (Phi) is 5.99. The number of aromatic nitrogens is 2. The van der Waals surface area contributed by atoms with E-state index in [1.54, 1.807) is 24.4 Å². The molecule has 3 heterocycles. The molecule has 2 aromatic heterocycles. The van der Waals surface area contributed by atoms with Gasteiger partial charge in [-0.3, -0.25) is 9.48 Å². The Bertz CT molecular complexity index is 923. The summed E-state index contributed by atoms with van der Waals surface area (Å²) in [5, 5.41) is 5.50. The highest BCUT2D eigenvalue weighted by atomic mass is 79.9. The largest absolute Gasteiger partial charge is 0.338 e. The van der Waals surface area contributed by atoms with Crippen LogP contribution < -0.4 is 0 Å². The summed E-state index contributed by atoms with van der Waals surface area (Å²) in [5.74, 6) is -0.290. The Labute approximate surface area is 167 Å². The van der Waals surface area contributed by atoms with Gasteiger partial charge in [0.2, 0.25) is 5.91 Å². The van der Waals surface area contributed by atoms with Gasteiger partial charge in [0.05, 0.1) is 10.2 Å². The van der Waals surface area contributed by atoms with Gasteiger partial charge in [0.15, 0.2) is 0 Å². The van der Waals surface area contributed by atoms with E-state index < -0.39 is 22.1 Å². The summed E-state index contributed by atoms with van der Waals surface area (Å²) in [6.07, 6.45) is -2.74. The van der Waals surface area contributed by atoms with Crippen molar-refractivity contribution in [1.29, 1.82) is 0 Å². The molecule has 7 nitrogen and oxygen atoms in total. The molecule has 0 atom stereocenters. The average molecular weight is 483 g/mol. The van der Waals surface area contributed by atoms with Crippen LogP contribution in [-0.2, 0) is 21.4 Å². The Balaban J connectivity index is 1.63. The number of halogens is 3. The first kappa shape index (κ1) is 20.4. The minimum absolute atomic E-state index is 0.172. The number of piperazine rings is 1. The highest BCUT2D eigenvalue weighted by Gasteiger charge is 2.31. The first-order valence-electron chi connectivity index (χ1n) is 8.04. The zero-order chi connectivity index (χ0) is 19.8. The van der Waals surface area contributed by atoms with Gasteiger partial charge in [-0.25, -0.2) is 17.2 Å². The monoisotopic (exact) mass is 482 g/mol. The van der Waals surface area contributed by atoms with Crippen LogP contribution in [0.25, 0.3) is 0 Å². The van der Waals surface area contributed by atoms with E-state index in [0.29, 0.717) is 5.69 Å². The Morgan fingerprint density at radius 1 is 1.33 bits per heavy atom. The molecule has 3 rings (SSSR count). The van der Waals surface area contributed by atoms with E-state index in [2.05, 4.69) is 21.0 Å². The fourth-order valence-corrected chi connectivity index (χ4v) is 5.81. The Hall–Kier alpha value is -1.37. The Morgan fingerprint density at radius 2 is 2.00 bits per heavy atom. The van der Waals surface area contributed by atoms with E-state index in [0.717, 1.165) is 11.3 Å². The maximum atomic E-state index is 12.9. The third kappa shape index (κ3) is 4.08. The lowest BCUT2D eigenvalue weighted by Crippen LogP contribution is -2.51. The lowest BCUT2D eigenvalue weighted by molar-refractivity contribution is -0.133. The number of rotatable bonds is 5. The molecule has 12 heteroatoms. The lowest BCUT2D eigenvalue weighted by atomic mass is 10.3. The van der Waals surface area contributed by atoms with Crippen molar-refractivity contribution < 1.29 is 22.0 Å². The molecule has 0 unspecified atom stereocenters. The van der Waals surface area contributed by atoms with Crippen LogP contribution in [0.2, 0.25) is 0 Å². The number of hydrogen-bond acceptors (Lipinski definition) is 5. The zero-order valence-electron chi connectivity index (χ0n) is 14.3. The summed E-state index contributed by atoms with van der Waals surface area (Å²) < 4.78 is 53.9. The predicted octanol–water partition coefficient (Wildman–Crippen LogP) is 2.49. The lowest BCUT2D eigenvalue weighted by Gasteiger charge is -2.33. The molecule has 1 saturated heterocycles. The maximum absolute atomic E-state index is 12.9. The van der Waals surface area contributed by atoms with Crippen molar-refractivity contribution in [3.8, 4) is 0 Å². The summed E-state index contributed by atoms with van der Waals surface area (Å²) in [4.78, 5) is 14.0. The summed E-state index contributed by atoms with van der Waals surface area (Å²) in [6, 6.07) is 3.23. The van der Waals surface area contributed by atoms with Gasteiger partial charge in [0.1, 0.15) is 16.4 Å². The van der Waals surface area contributed by atoms with Crippen molar-refractivity contribution in [2.45, 2.75) is 24.1 Å². The molecular formula is C15H17BrF2N4O3S2. The number of carbonyl (C=O) groups is 1. The standard InChI is InChI=1S/C15H17BrF2N4O3S2/c1-10-13(16)14(15(17)18)19-22(10)9-11(23)20-4-6-21(7-5-20)27(24,25)12-3-2-8-26-12/h2-3,8,15H,4-7,9H2,1H3. The maximum Gasteiger partial charge on any atom is 0.283 e. The third-order valence-corrected chi connectivity index (χ3v) is 8.58. The van der Waals surface area contributed by atoms with Crippen molar-refractivity contribution in [3.63, 3.8) is 0 Å². The van der Waals surface area contributed by atoms with E-state index in [9.17, 15) is 22.0 Å².